The molecule has 1 aromatic heterocycles. The number of fused-ring (bicyclic) bond motifs is 1. The molecule has 0 saturated carbocycles. The Balaban J connectivity index is 1.31. The van der Waals surface area contributed by atoms with Crippen molar-refractivity contribution in [2.24, 2.45) is 0 Å². The van der Waals surface area contributed by atoms with Crippen LogP contribution in [0.4, 0.5) is 5.69 Å². The van der Waals surface area contributed by atoms with Crippen LogP contribution in [0.2, 0.25) is 0 Å². The number of anilines is 1. The van der Waals surface area contributed by atoms with E-state index in [1.54, 1.807) is 0 Å². The average molecular weight is 496 g/mol. The third-order valence-corrected chi connectivity index (χ3v) is 7.58. The lowest BCUT2D eigenvalue weighted by Crippen LogP contribution is -2.24. The quantitative estimate of drug-likeness (QED) is 0.223. The number of unbranched alkanes of at least 4 members (excludes halogenated alkanes) is 1. The summed E-state index contributed by atoms with van der Waals surface area (Å²) in [4.78, 5) is 20.0. The Labute approximate surface area is 220 Å². The van der Waals surface area contributed by atoms with Crippen molar-refractivity contribution in [3.05, 3.63) is 89.2 Å². The van der Waals surface area contributed by atoms with Gasteiger partial charge in [0.05, 0.1) is 17.6 Å². The molecule has 1 fully saturated rings. The van der Waals surface area contributed by atoms with E-state index in [9.17, 15) is 4.79 Å². The molecule has 5 heteroatoms. The Hall–Kier alpha value is -3.60. The van der Waals surface area contributed by atoms with Gasteiger partial charge in [-0.05, 0) is 80.1 Å². The first kappa shape index (κ1) is 25.1. The van der Waals surface area contributed by atoms with Crippen LogP contribution in [0.1, 0.15) is 61.0 Å². The third-order valence-electron chi connectivity index (χ3n) is 7.58. The number of imidazole rings is 1. The zero-order chi connectivity index (χ0) is 25.8. The number of nitrogens with zero attached hydrogens (tertiary/aromatic N) is 3. The zero-order valence-corrected chi connectivity index (χ0v) is 22.2. The minimum atomic E-state index is 0.0691. The van der Waals surface area contributed by atoms with Crippen LogP contribution in [0, 0.1) is 13.8 Å². The number of aromatic nitrogens is 2. The normalized spacial score (nSPS) is 15.6. The summed E-state index contributed by atoms with van der Waals surface area (Å²) in [6, 6.07) is 23.0. The van der Waals surface area contributed by atoms with Crippen molar-refractivity contribution < 1.29 is 9.53 Å². The molecule has 1 saturated heterocycles. The molecule has 192 valence electrons. The van der Waals surface area contributed by atoms with Crippen molar-refractivity contribution in [2.75, 3.05) is 18.1 Å². The predicted molar refractivity (Wildman–Crippen MR) is 151 cm³/mol. The van der Waals surface area contributed by atoms with E-state index in [1.807, 2.05) is 23.1 Å². The molecule has 2 heterocycles. The predicted octanol–water partition coefficient (Wildman–Crippen LogP) is 6.99. The number of benzene rings is 3. The largest absolute Gasteiger partial charge is 0.493 e. The minimum absolute atomic E-state index is 0.0691. The number of ether oxygens (including phenoxy) is 1. The van der Waals surface area contributed by atoms with Crippen molar-refractivity contribution in [2.45, 2.75) is 65.3 Å². The average Bonchev–Trinajstić information content (AvgIpc) is 3.48. The summed E-state index contributed by atoms with van der Waals surface area (Å²) in [6.45, 7) is 8.53. The summed E-state index contributed by atoms with van der Waals surface area (Å²) < 4.78 is 8.43. The van der Waals surface area contributed by atoms with Gasteiger partial charge in [0, 0.05) is 31.1 Å². The third kappa shape index (κ3) is 5.41. The molecule has 5 rings (SSSR count). The molecule has 0 spiro atoms. The lowest BCUT2D eigenvalue weighted by Gasteiger charge is -2.18. The van der Waals surface area contributed by atoms with E-state index < -0.39 is 0 Å². The number of hydrogen-bond acceptors (Lipinski definition) is 3. The first-order valence-electron chi connectivity index (χ1n) is 13.6. The van der Waals surface area contributed by atoms with E-state index in [4.69, 9.17) is 9.72 Å². The van der Waals surface area contributed by atoms with Crippen molar-refractivity contribution >= 4 is 22.6 Å². The van der Waals surface area contributed by atoms with Crippen LogP contribution in [0.15, 0.2) is 66.7 Å². The van der Waals surface area contributed by atoms with Gasteiger partial charge in [-0.25, -0.2) is 4.98 Å². The number of carbonyl (C=O) groups excluding carboxylic acids is 1. The van der Waals surface area contributed by atoms with E-state index in [2.05, 4.69) is 73.9 Å². The molecular formula is C32H37N3O2. The fourth-order valence-electron chi connectivity index (χ4n) is 5.28. The smallest absolute Gasteiger partial charge is 0.227 e. The second-order valence-corrected chi connectivity index (χ2v) is 10.2. The second-order valence-electron chi connectivity index (χ2n) is 10.2. The lowest BCUT2D eigenvalue weighted by atomic mass is 10.1. The first-order valence-corrected chi connectivity index (χ1v) is 13.6. The van der Waals surface area contributed by atoms with Crippen LogP contribution in [0.25, 0.3) is 11.0 Å². The summed E-state index contributed by atoms with van der Waals surface area (Å²) in [6.07, 6.45) is 4.82. The summed E-state index contributed by atoms with van der Waals surface area (Å²) in [5, 5.41) is 0. The molecule has 0 N–H and O–H groups in total. The molecule has 4 aromatic rings. The van der Waals surface area contributed by atoms with Crippen LogP contribution in [-0.2, 0) is 17.8 Å². The van der Waals surface area contributed by atoms with Crippen LogP contribution >= 0.6 is 0 Å². The number of para-hydroxylation sites is 2. The van der Waals surface area contributed by atoms with Crippen LogP contribution in [0.5, 0.6) is 5.75 Å². The minimum Gasteiger partial charge on any atom is -0.493 e. The Morgan fingerprint density at radius 3 is 2.59 bits per heavy atom. The van der Waals surface area contributed by atoms with Crippen LogP contribution < -0.4 is 9.64 Å². The molecule has 1 atom stereocenters. The molecule has 0 radical (unpaired) electrons. The maximum atomic E-state index is 13.1. The zero-order valence-electron chi connectivity index (χ0n) is 22.2. The standard InChI is InChI=1S/C32H37N3O2/c1-4-5-11-25-15-17-27(18-16-25)35-22-26(21-31(35)36)32-33-28-12-6-7-13-29(28)34(32)19-9-20-37-30-14-8-10-23(2)24(30)3/h6-8,10,12-18,26H,4-5,9,11,19-22H2,1-3H3. The number of aryl methyl sites for hydroxylation is 3. The monoisotopic (exact) mass is 495 g/mol. The second kappa shape index (κ2) is 11.2. The lowest BCUT2D eigenvalue weighted by molar-refractivity contribution is -0.117. The highest BCUT2D eigenvalue weighted by Gasteiger charge is 2.34. The highest BCUT2D eigenvalue weighted by molar-refractivity contribution is 5.96. The van der Waals surface area contributed by atoms with Gasteiger partial charge in [-0.15, -0.1) is 0 Å². The number of amides is 1. The molecule has 1 aliphatic rings. The summed E-state index contributed by atoms with van der Waals surface area (Å²) in [5.41, 5.74) is 6.86. The van der Waals surface area contributed by atoms with Gasteiger partial charge >= 0.3 is 0 Å². The Bertz CT molecular complexity index is 1370. The molecule has 1 aliphatic heterocycles. The van der Waals surface area contributed by atoms with Gasteiger partial charge in [-0.2, -0.15) is 0 Å². The van der Waals surface area contributed by atoms with Gasteiger partial charge in [-0.1, -0.05) is 49.7 Å². The highest BCUT2D eigenvalue weighted by atomic mass is 16.5. The van der Waals surface area contributed by atoms with Crippen molar-refractivity contribution in [3.63, 3.8) is 0 Å². The SMILES string of the molecule is CCCCc1ccc(N2CC(c3nc4ccccc4n3CCCOc3cccc(C)c3C)CC2=O)cc1. The number of carbonyl (C=O) groups is 1. The fourth-order valence-corrected chi connectivity index (χ4v) is 5.28. The highest BCUT2D eigenvalue weighted by Crippen LogP contribution is 2.33. The van der Waals surface area contributed by atoms with Crippen molar-refractivity contribution in [3.8, 4) is 5.75 Å². The molecular weight excluding hydrogens is 458 g/mol. The summed E-state index contributed by atoms with van der Waals surface area (Å²) in [5.74, 6) is 2.19. The summed E-state index contributed by atoms with van der Waals surface area (Å²) >= 11 is 0. The van der Waals surface area contributed by atoms with E-state index in [-0.39, 0.29) is 11.8 Å². The fraction of sp³-hybridized carbons (Fsp3) is 0.375. The number of hydrogen-bond donors (Lipinski definition) is 0. The van der Waals surface area contributed by atoms with Gasteiger partial charge in [0.1, 0.15) is 11.6 Å². The topological polar surface area (TPSA) is 47.4 Å². The van der Waals surface area contributed by atoms with Gasteiger partial charge in [0.15, 0.2) is 0 Å². The van der Waals surface area contributed by atoms with Crippen LogP contribution in [-0.4, -0.2) is 28.6 Å². The summed E-state index contributed by atoms with van der Waals surface area (Å²) in [7, 11) is 0. The van der Waals surface area contributed by atoms with Gasteiger partial charge < -0.3 is 14.2 Å². The Morgan fingerprint density at radius 2 is 1.78 bits per heavy atom. The van der Waals surface area contributed by atoms with E-state index in [0.29, 0.717) is 19.6 Å². The Morgan fingerprint density at radius 1 is 0.973 bits per heavy atom. The molecule has 0 aliphatic carbocycles. The first-order chi connectivity index (χ1) is 18.0. The molecule has 1 amide bonds. The van der Waals surface area contributed by atoms with Gasteiger partial charge in [0.2, 0.25) is 5.91 Å². The van der Waals surface area contributed by atoms with E-state index in [1.165, 1.54) is 29.5 Å². The molecule has 3 aromatic carbocycles. The maximum Gasteiger partial charge on any atom is 0.227 e. The van der Waals surface area contributed by atoms with E-state index in [0.717, 1.165) is 47.7 Å². The van der Waals surface area contributed by atoms with E-state index >= 15 is 0 Å². The number of rotatable bonds is 10. The van der Waals surface area contributed by atoms with Gasteiger partial charge in [-0.3, -0.25) is 4.79 Å². The molecule has 1 unspecified atom stereocenters. The maximum absolute atomic E-state index is 13.1. The van der Waals surface area contributed by atoms with Crippen molar-refractivity contribution in [1.29, 1.82) is 0 Å². The molecule has 37 heavy (non-hydrogen) atoms. The molecule has 0 bridgehead atoms. The molecule has 5 nitrogen and oxygen atoms in total. The Kier molecular flexibility index (Phi) is 7.59. The van der Waals surface area contributed by atoms with Crippen LogP contribution in [0.3, 0.4) is 0 Å². The van der Waals surface area contributed by atoms with Gasteiger partial charge in [0.25, 0.3) is 0 Å². The van der Waals surface area contributed by atoms with Crippen molar-refractivity contribution in [1.82, 2.24) is 9.55 Å².